The van der Waals surface area contributed by atoms with Crippen molar-refractivity contribution in [3.05, 3.63) is 205 Å². The number of hydrogen-bond donors (Lipinski definition) is 0. The Balaban J connectivity index is 1.25. The fourth-order valence-electron chi connectivity index (χ4n) is 7.82. The highest BCUT2D eigenvalue weighted by molar-refractivity contribution is 6.12. The van der Waals surface area contributed by atoms with Crippen LogP contribution in [0.15, 0.2) is 188 Å². The number of hydrogen-bond acceptors (Lipinski definition) is 5. The molecule has 2 aromatic heterocycles. The van der Waals surface area contributed by atoms with Crippen LogP contribution in [-0.4, -0.2) is 19.5 Å². The van der Waals surface area contributed by atoms with Crippen molar-refractivity contribution in [2.24, 2.45) is 0 Å². The number of rotatable bonds is 7. The van der Waals surface area contributed by atoms with Crippen molar-refractivity contribution in [1.82, 2.24) is 19.5 Å². The molecule has 0 aliphatic carbocycles. The maximum Gasteiger partial charge on any atom is 0.164 e. The highest BCUT2D eigenvalue weighted by Crippen LogP contribution is 2.41. The average molecular weight is 771 g/mol. The summed E-state index contributed by atoms with van der Waals surface area (Å²) < 4.78 is 18.1. The van der Waals surface area contributed by atoms with Crippen molar-refractivity contribution < 1.29 is 4.39 Å². The molecule has 280 valence electrons. The summed E-state index contributed by atoms with van der Waals surface area (Å²) in [5, 5.41) is 20.9. The predicted octanol–water partition coefficient (Wildman–Crippen LogP) is 12.9. The third-order valence-electron chi connectivity index (χ3n) is 10.8. The summed E-state index contributed by atoms with van der Waals surface area (Å²) in [6.07, 6.45) is 0. The van der Waals surface area contributed by atoms with Crippen LogP contribution in [0.3, 0.4) is 0 Å². The zero-order valence-corrected chi connectivity index (χ0v) is 32.0. The van der Waals surface area contributed by atoms with Crippen LogP contribution in [0.1, 0.15) is 11.1 Å². The van der Waals surface area contributed by atoms with Crippen molar-refractivity contribution in [2.75, 3.05) is 0 Å². The van der Waals surface area contributed by atoms with Crippen LogP contribution in [-0.2, 0) is 0 Å². The minimum atomic E-state index is -0.337. The summed E-state index contributed by atoms with van der Waals surface area (Å²) in [6, 6.07) is 64.8. The molecule has 8 aromatic carbocycles. The van der Waals surface area contributed by atoms with Crippen LogP contribution < -0.4 is 0 Å². The van der Waals surface area contributed by atoms with E-state index in [1.165, 1.54) is 6.07 Å². The van der Waals surface area contributed by atoms with Gasteiger partial charge in [-0.1, -0.05) is 127 Å². The molecule has 0 fully saturated rings. The number of aromatic nitrogens is 4. The maximum absolute atomic E-state index is 15.9. The fourth-order valence-corrected chi connectivity index (χ4v) is 7.82. The molecule has 0 saturated heterocycles. The summed E-state index contributed by atoms with van der Waals surface area (Å²) in [7, 11) is 0. The first kappa shape index (κ1) is 35.9. The van der Waals surface area contributed by atoms with Gasteiger partial charge in [0.15, 0.2) is 17.5 Å². The van der Waals surface area contributed by atoms with E-state index in [1.807, 2.05) is 133 Å². The summed E-state index contributed by atoms with van der Waals surface area (Å²) >= 11 is 0. The molecule has 0 atom stereocenters. The van der Waals surface area contributed by atoms with E-state index in [9.17, 15) is 10.5 Å². The fraction of sp³-hybridized carbons (Fsp3) is 0. The second kappa shape index (κ2) is 15.1. The number of nitriles is 2. The monoisotopic (exact) mass is 770 g/mol. The normalized spacial score (nSPS) is 11.1. The highest BCUT2D eigenvalue weighted by atomic mass is 19.1. The van der Waals surface area contributed by atoms with E-state index in [-0.39, 0.29) is 5.82 Å². The molecule has 0 N–H and O–H groups in total. The van der Waals surface area contributed by atoms with Crippen molar-refractivity contribution in [3.8, 4) is 85.4 Å². The molecule has 0 bridgehead atoms. The third kappa shape index (κ3) is 6.53. The summed E-state index contributed by atoms with van der Waals surface area (Å²) in [6.45, 7) is 0. The zero-order chi connectivity index (χ0) is 40.6. The van der Waals surface area contributed by atoms with Crippen LogP contribution in [0.2, 0.25) is 0 Å². The number of fused-ring (bicyclic) bond motifs is 3. The Morgan fingerprint density at radius 2 is 0.817 bits per heavy atom. The van der Waals surface area contributed by atoms with Gasteiger partial charge in [0.1, 0.15) is 5.82 Å². The number of nitrogens with zero attached hydrogens (tertiary/aromatic N) is 6. The summed E-state index contributed by atoms with van der Waals surface area (Å²) in [5.74, 6) is 1.23. The first-order valence-corrected chi connectivity index (χ1v) is 19.4. The van der Waals surface area contributed by atoms with Crippen LogP contribution in [0.25, 0.3) is 95.0 Å². The molecule has 0 aliphatic heterocycles. The Hall–Kier alpha value is -8.52. The Morgan fingerprint density at radius 3 is 1.30 bits per heavy atom. The topological polar surface area (TPSA) is 91.2 Å². The van der Waals surface area contributed by atoms with Crippen molar-refractivity contribution in [1.29, 1.82) is 10.5 Å². The van der Waals surface area contributed by atoms with E-state index in [0.717, 1.165) is 66.4 Å². The maximum atomic E-state index is 15.9. The Morgan fingerprint density at radius 1 is 0.383 bits per heavy atom. The largest absolute Gasteiger partial charge is 0.309 e. The van der Waals surface area contributed by atoms with Crippen LogP contribution in [0.4, 0.5) is 4.39 Å². The lowest BCUT2D eigenvalue weighted by atomic mass is 9.99. The lowest BCUT2D eigenvalue weighted by Gasteiger charge is -2.17. The molecule has 10 aromatic rings. The van der Waals surface area contributed by atoms with Gasteiger partial charge in [-0.15, -0.1) is 0 Å². The van der Waals surface area contributed by atoms with Gasteiger partial charge in [-0.2, -0.15) is 10.5 Å². The van der Waals surface area contributed by atoms with Gasteiger partial charge in [0.2, 0.25) is 0 Å². The van der Waals surface area contributed by atoms with Gasteiger partial charge < -0.3 is 4.57 Å². The van der Waals surface area contributed by atoms with Crippen molar-refractivity contribution in [2.45, 2.75) is 0 Å². The van der Waals surface area contributed by atoms with Gasteiger partial charge in [0.05, 0.1) is 40.0 Å². The van der Waals surface area contributed by atoms with E-state index in [2.05, 4.69) is 53.1 Å². The highest BCUT2D eigenvalue weighted by Gasteiger charge is 2.21. The first-order chi connectivity index (χ1) is 29.5. The van der Waals surface area contributed by atoms with Crippen LogP contribution in [0, 0.1) is 28.5 Å². The molecule has 60 heavy (non-hydrogen) atoms. The first-order valence-electron chi connectivity index (χ1n) is 19.4. The summed E-state index contributed by atoms with van der Waals surface area (Å²) in [4.78, 5) is 15.0. The lowest BCUT2D eigenvalue weighted by Crippen LogP contribution is -2.02. The van der Waals surface area contributed by atoms with Gasteiger partial charge in [0.25, 0.3) is 0 Å². The molecule has 0 radical (unpaired) electrons. The van der Waals surface area contributed by atoms with E-state index < -0.39 is 0 Å². The van der Waals surface area contributed by atoms with Gasteiger partial charge in [-0.25, -0.2) is 19.3 Å². The van der Waals surface area contributed by atoms with E-state index >= 15 is 4.39 Å². The molecular weight excluding hydrogens is 740 g/mol. The molecule has 2 heterocycles. The Kier molecular flexibility index (Phi) is 9.02. The van der Waals surface area contributed by atoms with Gasteiger partial charge in [0, 0.05) is 38.6 Å². The number of benzene rings is 8. The minimum Gasteiger partial charge on any atom is -0.309 e. The minimum absolute atomic E-state index is 0.337. The van der Waals surface area contributed by atoms with E-state index in [0.29, 0.717) is 39.7 Å². The van der Waals surface area contributed by atoms with Gasteiger partial charge >= 0.3 is 0 Å². The molecule has 7 heteroatoms. The van der Waals surface area contributed by atoms with Gasteiger partial charge in [-0.3, -0.25) is 0 Å². The molecule has 10 rings (SSSR count). The molecule has 6 nitrogen and oxygen atoms in total. The Labute approximate surface area is 345 Å². The molecule has 0 unspecified atom stereocenters. The Bertz CT molecular complexity index is 3150. The molecule has 0 saturated carbocycles. The van der Waals surface area contributed by atoms with Crippen LogP contribution >= 0.6 is 0 Å². The van der Waals surface area contributed by atoms with Crippen molar-refractivity contribution in [3.63, 3.8) is 0 Å². The number of halogens is 1. The van der Waals surface area contributed by atoms with Crippen LogP contribution in [0.5, 0.6) is 0 Å². The van der Waals surface area contributed by atoms with E-state index in [4.69, 9.17) is 15.0 Å². The second-order valence-corrected chi connectivity index (χ2v) is 14.4. The lowest BCUT2D eigenvalue weighted by molar-refractivity contribution is 0.631. The smallest absolute Gasteiger partial charge is 0.164 e. The summed E-state index contributed by atoms with van der Waals surface area (Å²) in [5.41, 5.74) is 11.3. The average Bonchev–Trinajstić information content (AvgIpc) is 3.65. The third-order valence-corrected chi connectivity index (χ3v) is 10.8. The quantitative estimate of drug-likeness (QED) is 0.161. The predicted molar refractivity (Wildman–Crippen MR) is 236 cm³/mol. The molecule has 0 amide bonds. The SMILES string of the molecule is N#Cc1ccc(-c2ccc3c(c2)c2cc(-c4ccc(C#N)cc4)ccc2n3-c2cc(-c3nc(-c4ccccc4)nc(-c4ccccc4)n3)ccc2-c2ccccc2F)cc1. The standard InChI is InChI=1S/C53H31FN6/c54-47-14-8-7-13-43(47)44-26-23-42(53-58-51(38-9-3-1-4-10-38)57-52(59-53)39-11-5-2-6-12-39)31-50(44)60-48-27-24-40(36-19-15-34(32-55)16-20-36)29-45(48)46-30-41(25-28-49(46)60)37-21-17-35(33-56)18-22-37/h1-31H. The second-order valence-electron chi connectivity index (χ2n) is 14.4. The van der Waals surface area contributed by atoms with E-state index in [1.54, 1.807) is 12.1 Å². The van der Waals surface area contributed by atoms with Gasteiger partial charge in [-0.05, 0) is 82.9 Å². The molecule has 0 spiro atoms. The zero-order valence-electron chi connectivity index (χ0n) is 32.0. The molecule has 0 aliphatic rings. The molecular formula is C53H31FN6. The van der Waals surface area contributed by atoms with Crippen molar-refractivity contribution >= 4 is 21.8 Å².